The summed E-state index contributed by atoms with van der Waals surface area (Å²) in [5.74, 6) is 2.57. The van der Waals surface area contributed by atoms with E-state index in [1.807, 2.05) is 12.1 Å². The highest BCUT2D eigenvalue weighted by atomic mass is 35.5. The first-order valence-corrected chi connectivity index (χ1v) is 15.1. The fourth-order valence-electron chi connectivity index (χ4n) is 6.07. The zero-order chi connectivity index (χ0) is 26.4. The van der Waals surface area contributed by atoms with Gasteiger partial charge in [0.05, 0.1) is 0 Å². The van der Waals surface area contributed by atoms with Gasteiger partial charge in [0.1, 0.15) is 11.6 Å². The molecule has 1 aromatic carbocycles. The van der Waals surface area contributed by atoms with E-state index < -0.39 is 0 Å². The van der Waals surface area contributed by atoms with Gasteiger partial charge in [-0.15, -0.1) is 0 Å². The molecule has 3 saturated heterocycles. The molecule has 206 valence electrons. The monoisotopic (exact) mass is 556 g/mol. The highest BCUT2D eigenvalue weighted by Crippen LogP contribution is 2.35. The van der Waals surface area contributed by atoms with E-state index in [-0.39, 0.29) is 5.41 Å². The van der Waals surface area contributed by atoms with Crippen LogP contribution in [0.25, 0.3) is 0 Å². The van der Waals surface area contributed by atoms with Gasteiger partial charge in [0.15, 0.2) is 5.11 Å². The quantitative estimate of drug-likeness (QED) is 0.425. The first-order chi connectivity index (χ1) is 18.5. The SMILES string of the molecule is C[C@@H]1CCCCN1c1cc(N2CCCCCC2)nc(NC(=S)NCC2(c3cccc(Cl)c3)CCOCC2)n1. The van der Waals surface area contributed by atoms with Crippen molar-refractivity contribution in [1.29, 1.82) is 0 Å². The number of rotatable bonds is 6. The number of anilines is 3. The van der Waals surface area contributed by atoms with Crippen LogP contribution in [0.3, 0.4) is 0 Å². The van der Waals surface area contributed by atoms with Gasteiger partial charge >= 0.3 is 0 Å². The molecule has 1 aromatic heterocycles. The van der Waals surface area contributed by atoms with Gasteiger partial charge in [0, 0.05) is 61.9 Å². The molecule has 0 spiro atoms. The summed E-state index contributed by atoms with van der Waals surface area (Å²) in [6.45, 7) is 7.57. The van der Waals surface area contributed by atoms with E-state index in [0.717, 1.165) is 62.3 Å². The minimum absolute atomic E-state index is 0.0853. The van der Waals surface area contributed by atoms with Crippen LogP contribution in [-0.4, -0.2) is 60.5 Å². The summed E-state index contributed by atoms with van der Waals surface area (Å²) >= 11 is 12.1. The third-order valence-corrected chi connectivity index (χ3v) is 8.91. The Hall–Kier alpha value is -2.16. The summed E-state index contributed by atoms with van der Waals surface area (Å²) in [4.78, 5) is 14.8. The molecule has 2 N–H and O–H groups in total. The van der Waals surface area contributed by atoms with Crippen LogP contribution in [0.2, 0.25) is 5.02 Å². The molecule has 2 aromatic rings. The fraction of sp³-hybridized carbons (Fsp3) is 0.621. The lowest BCUT2D eigenvalue weighted by atomic mass is 9.74. The number of nitrogens with one attached hydrogen (secondary N) is 2. The Morgan fingerprint density at radius 2 is 1.76 bits per heavy atom. The number of hydrogen-bond donors (Lipinski definition) is 2. The van der Waals surface area contributed by atoms with Crippen molar-refractivity contribution < 1.29 is 4.74 Å². The Morgan fingerprint density at radius 1 is 1.03 bits per heavy atom. The molecule has 3 aliphatic rings. The number of nitrogens with zero attached hydrogens (tertiary/aromatic N) is 4. The third-order valence-electron chi connectivity index (χ3n) is 8.43. The van der Waals surface area contributed by atoms with Gasteiger partial charge in [-0.05, 0) is 81.8 Å². The lowest BCUT2D eigenvalue weighted by molar-refractivity contribution is 0.0515. The van der Waals surface area contributed by atoms with E-state index in [0.29, 0.717) is 23.6 Å². The summed E-state index contributed by atoms with van der Waals surface area (Å²) in [5.41, 5.74) is 1.14. The van der Waals surface area contributed by atoms with Crippen LogP contribution in [0.4, 0.5) is 17.6 Å². The average Bonchev–Trinajstić information content (AvgIpc) is 3.22. The topological polar surface area (TPSA) is 65.5 Å². The predicted molar refractivity (Wildman–Crippen MR) is 161 cm³/mol. The maximum atomic E-state index is 6.36. The Kier molecular flexibility index (Phi) is 9.23. The number of aromatic nitrogens is 2. The van der Waals surface area contributed by atoms with Gasteiger partial charge in [-0.25, -0.2) is 0 Å². The molecule has 5 rings (SSSR count). The largest absolute Gasteiger partial charge is 0.381 e. The van der Waals surface area contributed by atoms with Crippen molar-refractivity contribution in [1.82, 2.24) is 15.3 Å². The van der Waals surface area contributed by atoms with Crippen molar-refractivity contribution in [2.45, 2.75) is 76.2 Å². The average molecular weight is 557 g/mol. The summed E-state index contributed by atoms with van der Waals surface area (Å²) in [5, 5.41) is 8.13. The molecule has 3 aliphatic heterocycles. The molecule has 38 heavy (non-hydrogen) atoms. The van der Waals surface area contributed by atoms with Crippen LogP contribution < -0.4 is 20.4 Å². The van der Waals surface area contributed by atoms with Crippen molar-refractivity contribution in [3.05, 3.63) is 40.9 Å². The molecule has 3 fully saturated rings. The van der Waals surface area contributed by atoms with Crippen LogP contribution in [0.15, 0.2) is 30.3 Å². The first kappa shape index (κ1) is 27.4. The highest BCUT2D eigenvalue weighted by molar-refractivity contribution is 7.80. The van der Waals surface area contributed by atoms with Crippen LogP contribution in [0.5, 0.6) is 0 Å². The highest BCUT2D eigenvalue weighted by Gasteiger charge is 2.35. The molecule has 4 heterocycles. The number of thiocarbonyl (C=S) groups is 1. The smallest absolute Gasteiger partial charge is 0.232 e. The van der Waals surface area contributed by atoms with Crippen molar-refractivity contribution >= 4 is 46.5 Å². The fourth-order valence-corrected chi connectivity index (χ4v) is 6.42. The lowest BCUT2D eigenvalue weighted by Crippen LogP contribution is -2.45. The standard InChI is InChI=1S/C29H41ClN6OS/c1-22-9-4-7-16-36(22)26-20-25(35-14-5-2-3-6-15-35)32-27(33-26)34-28(38)31-21-29(12-17-37-18-13-29)23-10-8-11-24(30)19-23/h8,10-11,19-20,22H,2-7,9,12-18,21H2,1H3,(H2,31,32,33,34,38)/t22-/m1/s1. The van der Waals surface area contributed by atoms with Gasteiger partial charge in [0.25, 0.3) is 0 Å². The van der Waals surface area contributed by atoms with Gasteiger partial charge in [-0.2, -0.15) is 9.97 Å². The third kappa shape index (κ3) is 6.69. The minimum atomic E-state index is -0.0853. The number of benzene rings is 1. The van der Waals surface area contributed by atoms with Crippen LogP contribution in [0.1, 0.15) is 70.3 Å². The molecule has 9 heteroatoms. The molecular weight excluding hydrogens is 516 g/mol. The predicted octanol–water partition coefficient (Wildman–Crippen LogP) is 5.92. The van der Waals surface area contributed by atoms with Crippen molar-refractivity contribution in [2.75, 3.05) is 54.5 Å². The number of halogens is 1. The summed E-state index contributed by atoms with van der Waals surface area (Å²) < 4.78 is 5.70. The summed E-state index contributed by atoms with van der Waals surface area (Å²) in [7, 11) is 0. The van der Waals surface area contributed by atoms with E-state index in [1.54, 1.807) is 0 Å². The van der Waals surface area contributed by atoms with Gasteiger partial charge in [-0.3, -0.25) is 0 Å². The maximum absolute atomic E-state index is 6.36. The van der Waals surface area contributed by atoms with E-state index in [4.69, 9.17) is 38.5 Å². The number of ether oxygens (including phenoxy) is 1. The second kappa shape index (κ2) is 12.8. The molecule has 0 bridgehead atoms. The zero-order valence-corrected chi connectivity index (χ0v) is 24.1. The van der Waals surface area contributed by atoms with Crippen molar-refractivity contribution in [3.8, 4) is 0 Å². The Balaban J connectivity index is 1.34. The molecule has 0 aliphatic carbocycles. The zero-order valence-electron chi connectivity index (χ0n) is 22.6. The minimum Gasteiger partial charge on any atom is -0.381 e. The normalized spacial score (nSPS) is 22.0. The molecule has 7 nitrogen and oxygen atoms in total. The van der Waals surface area contributed by atoms with Crippen molar-refractivity contribution in [2.24, 2.45) is 0 Å². The summed E-state index contributed by atoms with van der Waals surface area (Å²) in [6, 6.07) is 10.8. The molecule has 0 unspecified atom stereocenters. The van der Waals surface area contributed by atoms with E-state index in [2.05, 4.69) is 45.6 Å². The van der Waals surface area contributed by atoms with Crippen LogP contribution >= 0.6 is 23.8 Å². The Labute approximate surface area is 237 Å². The van der Waals surface area contributed by atoms with Gasteiger partial charge in [0.2, 0.25) is 5.95 Å². The van der Waals surface area contributed by atoms with Crippen LogP contribution in [0, 0.1) is 0 Å². The molecule has 1 atom stereocenters. The molecular formula is C29H41ClN6OS. The number of hydrogen-bond acceptors (Lipinski definition) is 6. The molecule has 0 amide bonds. The van der Waals surface area contributed by atoms with Crippen molar-refractivity contribution in [3.63, 3.8) is 0 Å². The van der Waals surface area contributed by atoms with E-state index >= 15 is 0 Å². The molecule has 0 saturated carbocycles. The Morgan fingerprint density at radius 3 is 2.50 bits per heavy atom. The maximum Gasteiger partial charge on any atom is 0.232 e. The van der Waals surface area contributed by atoms with Gasteiger partial charge in [-0.1, -0.05) is 36.6 Å². The van der Waals surface area contributed by atoms with Crippen LogP contribution in [-0.2, 0) is 10.2 Å². The van der Waals surface area contributed by atoms with E-state index in [1.165, 1.54) is 50.5 Å². The second-order valence-electron chi connectivity index (χ2n) is 11.1. The second-order valence-corrected chi connectivity index (χ2v) is 11.9. The Bertz CT molecular complexity index is 1090. The lowest BCUT2D eigenvalue weighted by Gasteiger charge is -2.38. The first-order valence-electron chi connectivity index (χ1n) is 14.3. The van der Waals surface area contributed by atoms with Gasteiger partial charge < -0.3 is 25.2 Å². The molecule has 0 radical (unpaired) electrons. The summed E-state index contributed by atoms with van der Waals surface area (Å²) in [6.07, 6.45) is 10.5. The number of piperidine rings is 1. The van der Waals surface area contributed by atoms with E-state index in [9.17, 15) is 0 Å².